The quantitative estimate of drug-likeness (QED) is 0.811. The van der Waals surface area contributed by atoms with Gasteiger partial charge in [-0.25, -0.2) is 4.98 Å². The van der Waals surface area contributed by atoms with Crippen LogP contribution >= 0.6 is 11.3 Å². The molecule has 2 aromatic heterocycles. The predicted molar refractivity (Wildman–Crippen MR) is 109 cm³/mol. The largest absolute Gasteiger partial charge is 0.342 e. The molecule has 4 heterocycles. The van der Waals surface area contributed by atoms with Gasteiger partial charge in [0.25, 0.3) is 5.56 Å². The number of hydrogen-bond donors (Lipinski definition) is 0. The summed E-state index contributed by atoms with van der Waals surface area (Å²) in [6.07, 6.45) is 4.05. The maximum atomic E-state index is 13.2. The molecule has 0 unspecified atom stereocenters. The van der Waals surface area contributed by atoms with Gasteiger partial charge in [-0.05, 0) is 52.0 Å². The second kappa shape index (κ2) is 7.36. The van der Waals surface area contributed by atoms with Crippen molar-refractivity contribution in [3.05, 3.63) is 26.6 Å². The first-order chi connectivity index (χ1) is 13.0. The van der Waals surface area contributed by atoms with Crippen LogP contribution in [0.1, 0.15) is 48.0 Å². The molecule has 27 heavy (non-hydrogen) atoms. The van der Waals surface area contributed by atoms with Crippen molar-refractivity contribution in [2.75, 3.05) is 32.7 Å². The van der Waals surface area contributed by atoms with Gasteiger partial charge < -0.3 is 4.90 Å². The van der Waals surface area contributed by atoms with Gasteiger partial charge in [0, 0.05) is 37.1 Å². The van der Waals surface area contributed by atoms with E-state index in [-0.39, 0.29) is 17.5 Å². The van der Waals surface area contributed by atoms with Crippen molar-refractivity contribution in [3.8, 4) is 0 Å². The lowest BCUT2D eigenvalue weighted by molar-refractivity contribution is -0.131. The third kappa shape index (κ3) is 3.43. The molecule has 0 saturated carbocycles. The molecule has 2 aromatic rings. The fourth-order valence-corrected chi connectivity index (χ4v) is 5.50. The van der Waals surface area contributed by atoms with Crippen molar-refractivity contribution in [2.24, 2.45) is 0 Å². The minimum atomic E-state index is 0.103. The fourth-order valence-electron chi connectivity index (χ4n) is 4.43. The number of hydrogen-bond acceptors (Lipinski definition) is 5. The predicted octanol–water partition coefficient (Wildman–Crippen LogP) is 2.64. The molecule has 0 bridgehead atoms. The Bertz CT molecular complexity index is 918. The maximum absolute atomic E-state index is 13.2. The molecule has 4 rings (SSSR count). The van der Waals surface area contributed by atoms with Gasteiger partial charge in [-0.3, -0.25) is 19.1 Å². The summed E-state index contributed by atoms with van der Waals surface area (Å²) in [5, 5.41) is 0.787. The van der Waals surface area contributed by atoms with E-state index >= 15 is 0 Å². The van der Waals surface area contributed by atoms with Crippen molar-refractivity contribution in [3.63, 3.8) is 0 Å². The fraction of sp³-hybridized carbons (Fsp3) is 0.650. The Kier molecular flexibility index (Phi) is 5.07. The van der Waals surface area contributed by atoms with E-state index in [4.69, 9.17) is 4.98 Å². The van der Waals surface area contributed by atoms with E-state index in [9.17, 15) is 9.59 Å². The second-order valence-electron chi connectivity index (χ2n) is 7.89. The Morgan fingerprint density at radius 3 is 2.44 bits per heavy atom. The molecular formula is C20H28N4O2S. The van der Waals surface area contributed by atoms with Gasteiger partial charge in [-0.1, -0.05) is 0 Å². The third-order valence-corrected chi connectivity index (χ3v) is 7.25. The standard InChI is InChI=1S/C20H28N4O2S/c1-13-14(2)27-19-18(13)20(26)24(15(3)21-19)16-6-10-22(11-7-16)12-17(25)23-8-4-5-9-23/h16H,4-12H2,1-3H3. The Morgan fingerprint density at radius 2 is 1.78 bits per heavy atom. The summed E-state index contributed by atoms with van der Waals surface area (Å²) in [5.41, 5.74) is 1.17. The molecule has 0 aliphatic carbocycles. The van der Waals surface area contributed by atoms with E-state index < -0.39 is 0 Å². The van der Waals surface area contributed by atoms with E-state index in [1.54, 1.807) is 11.3 Å². The number of aryl methyl sites for hydroxylation is 3. The van der Waals surface area contributed by atoms with Crippen LogP contribution in [0.4, 0.5) is 0 Å². The molecule has 146 valence electrons. The number of aromatic nitrogens is 2. The Labute approximate surface area is 163 Å². The van der Waals surface area contributed by atoms with Gasteiger partial charge >= 0.3 is 0 Å². The second-order valence-corrected chi connectivity index (χ2v) is 9.10. The van der Waals surface area contributed by atoms with Crippen LogP contribution in [-0.4, -0.2) is 58.0 Å². The Hall–Kier alpha value is -1.73. The highest BCUT2D eigenvalue weighted by atomic mass is 32.1. The number of rotatable bonds is 3. The molecule has 2 fully saturated rings. The van der Waals surface area contributed by atoms with Crippen LogP contribution in [0.3, 0.4) is 0 Å². The number of piperidine rings is 1. The topological polar surface area (TPSA) is 58.4 Å². The van der Waals surface area contributed by atoms with Gasteiger partial charge in [-0.15, -0.1) is 11.3 Å². The van der Waals surface area contributed by atoms with Crippen LogP contribution in [0.5, 0.6) is 0 Å². The molecule has 2 aliphatic rings. The first kappa shape index (κ1) is 18.6. The number of carbonyl (C=O) groups excluding carboxylic acids is 1. The van der Waals surface area contributed by atoms with Crippen molar-refractivity contribution in [2.45, 2.75) is 52.5 Å². The summed E-state index contributed by atoms with van der Waals surface area (Å²) in [6, 6.07) is 0.173. The van der Waals surface area contributed by atoms with Crippen LogP contribution in [0.15, 0.2) is 4.79 Å². The molecule has 0 N–H and O–H groups in total. The molecule has 0 spiro atoms. The summed E-state index contributed by atoms with van der Waals surface area (Å²) >= 11 is 1.61. The Balaban J connectivity index is 1.49. The molecule has 1 amide bonds. The lowest BCUT2D eigenvalue weighted by atomic mass is 10.0. The number of likely N-dealkylation sites (tertiary alicyclic amines) is 2. The van der Waals surface area contributed by atoms with Crippen LogP contribution < -0.4 is 5.56 Å². The van der Waals surface area contributed by atoms with Gasteiger partial charge in [0.1, 0.15) is 10.7 Å². The van der Waals surface area contributed by atoms with Crippen molar-refractivity contribution < 1.29 is 4.79 Å². The number of carbonyl (C=O) groups is 1. The summed E-state index contributed by atoms with van der Waals surface area (Å²) in [4.78, 5) is 36.5. The van der Waals surface area contributed by atoms with Crippen LogP contribution in [0, 0.1) is 20.8 Å². The van der Waals surface area contributed by atoms with Gasteiger partial charge in [0.15, 0.2) is 0 Å². The first-order valence-electron chi connectivity index (χ1n) is 9.94. The van der Waals surface area contributed by atoms with Crippen molar-refractivity contribution in [1.29, 1.82) is 0 Å². The van der Waals surface area contributed by atoms with Crippen LogP contribution in [-0.2, 0) is 4.79 Å². The highest BCUT2D eigenvalue weighted by Gasteiger charge is 2.27. The zero-order valence-electron chi connectivity index (χ0n) is 16.5. The van der Waals surface area contributed by atoms with Crippen LogP contribution in [0.2, 0.25) is 0 Å². The van der Waals surface area contributed by atoms with Crippen molar-refractivity contribution in [1.82, 2.24) is 19.4 Å². The minimum Gasteiger partial charge on any atom is -0.342 e. The third-order valence-electron chi connectivity index (χ3n) is 6.15. The maximum Gasteiger partial charge on any atom is 0.262 e. The van der Waals surface area contributed by atoms with Crippen molar-refractivity contribution >= 4 is 27.5 Å². The molecule has 2 saturated heterocycles. The van der Waals surface area contributed by atoms with E-state index in [1.807, 2.05) is 23.3 Å². The highest BCUT2D eigenvalue weighted by molar-refractivity contribution is 7.18. The lowest BCUT2D eigenvalue weighted by Gasteiger charge is -2.33. The lowest BCUT2D eigenvalue weighted by Crippen LogP contribution is -2.44. The monoisotopic (exact) mass is 388 g/mol. The smallest absolute Gasteiger partial charge is 0.262 e. The molecular weight excluding hydrogens is 360 g/mol. The SMILES string of the molecule is Cc1sc2nc(C)n(C3CCN(CC(=O)N4CCCC4)CC3)c(=O)c2c1C. The molecule has 7 heteroatoms. The van der Waals surface area contributed by atoms with Crippen LogP contribution in [0.25, 0.3) is 10.2 Å². The summed E-state index contributed by atoms with van der Waals surface area (Å²) < 4.78 is 1.90. The number of thiophene rings is 1. The molecule has 0 atom stereocenters. The first-order valence-corrected chi connectivity index (χ1v) is 10.8. The zero-order valence-corrected chi connectivity index (χ0v) is 17.3. The molecule has 2 aliphatic heterocycles. The average Bonchev–Trinajstić information content (AvgIpc) is 3.25. The Morgan fingerprint density at radius 1 is 1.11 bits per heavy atom. The number of nitrogens with zero attached hydrogens (tertiary/aromatic N) is 4. The zero-order chi connectivity index (χ0) is 19.1. The average molecular weight is 389 g/mol. The summed E-state index contributed by atoms with van der Waals surface area (Å²) in [7, 11) is 0. The number of amides is 1. The van der Waals surface area contributed by atoms with Gasteiger partial charge in [-0.2, -0.15) is 0 Å². The van der Waals surface area contributed by atoms with E-state index in [2.05, 4.69) is 11.8 Å². The van der Waals surface area contributed by atoms with E-state index in [0.29, 0.717) is 6.54 Å². The van der Waals surface area contributed by atoms with E-state index in [1.165, 1.54) is 4.88 Å². The normalized spacial score (nSPS) is 19.3. The molecule has 0 radical (unpaired) electrons. The molecule has 6 nitrogen and oxygen atoms in total. The van der Waals surface area contributed by atoms with Gasteiger partial charge in [0.05, 0.1) is 11.9 Å². The van der Waals surface area contributed by atoms with Gasteiger partial charge in [0.2, 0.25) is 5.91 Å². The highest BCUT2D eigenvalue weighted by Crippen LogP contribution is 2.29. The molecule has 0 aromatic carbocycles. The summed E-state index contributed by atoms with van der Waals surface area (Å²) in [5.74, 6) is 1.06. The minimum absolute atomic E-state index is 0.103. The summed E-state index contributed by atoms with van der Waals surface area (Å²) in [6.45, 7) is 10.1. The van der Waals surface area contributed by atoms with E-state index in [0.717, 1.165) is 73.5 Å². The number of fused-ring (bicyclic) bond motifs is 1.